The maximum absolute atomic E-state index is 13.0. The Morgan fingerprint density at radius 3 is 2.25 bits per heavy atom. The summed E-state index contributed by atoms with van der Waals surface area (Å²) in [5.41, 5.74) is 5.10. The van der Waals surface area contributed by atoms with E-state index in [-0.39, 0.29) is 21.9 Å². The molecule has 3 rings (SSSR count). The van der Waals surface area contributed by atoms with Crippen LogP contribution >= 0.6 is 11.3 Å². The van der Waals surface area contributed by atoms with Crippen LogP contribution in [0.5, 0.6) is 0 Å². The van der Waals surface area contributed by atoms with Gasteiger partial charge >= 0.3 is 4.87 Å². The van der Waals surface area contributed by atoms with E-state index in [4.69, 9.17) is 0 Å². The molecule has 0 bridgehead atoms. The molecule has 1 N–H and O–H groups in total. The maximum atomic E-state index is 13.0. The zero-order valence-electron chi connectivity index (χ0n) is 17.0. The first-order valence-electron chi connectivity index (χ1n) is 9.26. The third-order valence-corrected chi connectivity index (χ3v) is 7.55. The van der Waals surface area contributed by atoms with E-state index < -0.39 is 10.0 Å². The third kappa shape index (κ3) is 3.79. The first-order valence-corrected chi connectivity index (χ1v) is 11.6. The minimum Gasteiger partial charge on any atom is -0.296 e. The maximum Gasteiger partial charge on any atom is 0.308 e. The van der Waals surface area contributed by atoms with Crippen LogP contribution in [0.4, 0.5) is 0 Å². The van der Waals surface area contributed by atoms with Gasteiger partial charge < -0.3 is 0 Å². The van der Waals surface area contributed by atoms with Crippen LogP contribution < -0.4 is 9.60 Å². The largest absolute Gasteiger partial charge is 0.308 e. The summed E-state index contributed by atoms with van der Waals surface area (Å²) in [5, 5.41) is 0. The van der Waals surface area contributed by atoms with Crippen LogP contribution in [0.2, 0.25) is 0 Å². The number of aryl methyl sites for hydroxylation is 3. The molecule has 150 valence electrons. The molecule has 0 aliphatic carbocycles. The number of thiazole rings is 1. The van der Waals surface area contributed by atoms with Gasteiger partial charge in [-0.2, -0.15) is 0 Å². The molecule has 0 saturated carbocycles. The van der Waals surface area contributed by atoms with Crippen LogP contribution in [0.15, 0.2) is 40.0 Å². The zero-order chi connectivity index (χ0) is 20.8. The molecule has 0 spiro atoms. The molecule has 0 aliphatic heterocycles. The van der Waals surface area contributed by atoms with Crippen molar-refractivity contribution in [1.29, 1.82) is 0 Å². The van der Waals surface area contributed by atoms with E-state index in [0.717, 1.165) is 33.5 Å². The molecule has 5 nitrogen and oxygen atoms in total. The van der Waals surface area contributed by atoms with E-state index in [2.05, 4.69) is 10.8 Å². The van der Waals surface area contributed by atoms with E-state index in [9.17, 15) is 13.2 Å². The average molecular weight is 419 g/mol. The Morgan fingerprint density at radius 1 is 0.964 bits per heavy atom. The van der Waals surface area contributed by atoms with Crippen molar-refractivity contribution >= 4 is 31.6 Å². The third-order valence-electron chi connectivity index (χ3n) is 5.09. The quantitative estimate of drug-likeness (QED) is 0.658. The number of hydrogen-bond donors (Lipinski definition) is 1. The fraction of sp³-hybridized carbons (Fsp3) is 0.381. The van der Waals surface area contributed by atoms with Crippen LogP contribution in [0.1, 0.15) is 55.1 Å². The lowest BCUT2D eigenvalue weighted by Gasteiger charge is -2.18. The zero-order valence-corrected chi connectivity index (χ0v) is 18.7. The van der Waals surface area contributed by atoms with Gasteiger partial charge in [-0.1, -0.05) is 23.5 Å². The summed E-state index contributed by atoms with van der Waals surface area (Å²) in [6, 6.07) is 8.64. The minimum atomic E-state index is -3.72. The summed E-state index contributed by atoms with van der Waals surface area (Å²) >= 11 is 1.07. The number of nitrogens with one attached hydrogen (secondary N) is 1. The van der Waals surface area contributed by atoms with Gasteiger partial charge in [0.2, 0.25) is 10.0 Å². The van der Waals surface area contributed by atoms with Gasteiger partial charge in [0.15, 0.2) is 0 Å². The molecule has 0 amide bonds. The Hall–Kier alpha value is -1.96. The topological polar surface area (TPSA) is 68.2 Å². The number of rotatable bonds is 5. The van der Waals surface area contributed by atoms with E-state index >= 15 is 0 Å². The SMILES string of the molecule is Cc1cc(C)c([C@H](C)NS(=O)(=O)c2ccc3c(c2)sc(=O)n3C(C)C)cc1C. The summed E-state index contributed by atoms with van der Waals surface area (Å²) in [7, 11) is -3.72. The minimum absolute atomic E-state index is 0.0228. The lowest BCUT2D eigenvalue weighted by molar-refractivity contribution is 0.566. The highest BCUT2D eigenvalue weighted by molar-refractivity contribution is 7.89. The second-order valence-corrected chi connectivity index (χ2v) is 10.3. The molecule has 0 saturated heterocycles. The van der Waals surface area contributed by atoms with Crippen LogP contribution in [0, 0.1) is 20.8 Å². The van der Waals surface area contributed by atoms with Crippen molar-refractivity contribution in [3.05, 3.63) is 62.3 Å². The summed E-state index contributed by atoms with van der Waals surface area (Å²) < 4.78 is 31.1. The molecule has 7 heteroatoms. The van der Waals surface area contributed by atoms with E-state index in [1.807, 2.05) is 47.6 Å². The first-order chi connectivity index (χ1) is 13.0. The lowest BCUT2D eigenvalue weighted by atomic mass is 9.97. The van der Waals surface area contributed by atoms with Crippen molar-refractivity contribution in [3.63, 3.8) is 0 Å². The van der Waals surface area contributed by atoms with Gasteiger partial charge in [-0.15, -0.1) is 0 Å². The smallest absolute Gasteiger partial charge is 0.296 e. The molecule has 28 heavy (non-hydrogen) atoms. The predicted octanol–water partition coefficient (Wildman–Crippen LogP) is 4.61. The van der Waals surface area contributed by atoms with Crippen molar-refractivity contribution in [1.82, 2.24) is 9.29 Å². The molecule has 1 heterocycles. The van der Waals surface area contributed by atoms with Gasteiger partial charge in [0, 0.05) is 12.1 Å². The highest BCUT2D eigenvalue weighted by Crippen LogP contribution is 2.26. The standard InChI is InChI=1S/C21H26N2O3S2/c1-12(2)23-19-8-7-17(11-20(19)27-21(23)24)28(25,26)22-16(6)18-10-14(4)13(3)9-15(18)5/h7-12,16,22H,1-6H3/t16-/m0/s1. The molecule has 0 unspecified atom stereocenters. The molecule has 0 fully saturated rings. The van der Waals surface area contributed by atoms with Gasteiger partial charge in [-0.25, -0.2) is 13.1 Å². The van der Waals surface area contributed by atoms with Crippen molar-refractivity contribution in [2.75, 3.05) is 0 Å². The highest BCUT2D eigenvalue weighted by Gasteiger charge is 2.21. The van der Waals surface area contributed by atoms with Crippen molar-refractivity contribution < 1.29 is 8.42 Å². The molecular weight excluding hydrogens is 392 g/mol. The Labute approximate surface area is 170 Å². The Bertz CT molecular complexity index is 1200. The van der Waals surface area contributed by atoms with Crippen LogP contribution in [-0.4, -0.2) is 13.0 Å². The predicted molar refractivity (Wildman–Crippen MR) is 116 cm³/mol. The first kappa shape index (κ1) is 20.8. The fourth-order valence-corrected chi connectivity index (χ4v) is 5.86. The monoisotopic (exact) mass is 418 g/mol. The summed E-state index contributed by atoms with van der Waals surface area (Å²) in [4.78, 5) is 12.3. The van der Waals surface area contributed by atoms with Gasteiger partial charge in [-0.05, 0) is 82.0 Å². The molecule has 1 atom stereocenters. The summed E-state index contributed by atoms with van der Waals surface area (Å²) in [6.45, 7) is 11.8. The number of aromatic nitrogens is 1. The Morgan fingerprint density at radius 2 is 1.61 bits per heavy atom. The number of hydrogen-bond acceptors (Lipinski definition) is 4. The van der Waals surface area contributed by atoms with Gasteiger partial charge in [0.1, 0.15) is 0 Å². The van der Waals surface area contributed by atoms with Crippen LogP contribution in [-0.2, 0) is 10.0 Å². The molecular formula is C21H26N2O3S2. The number of benzene rings is 2. The van der Waals surface area contributed by atoms with Crippen molar-refractivity contribution in [2.45, 2.75) is 58.5 Å². The average Bonchev–Trinajstić information content (AvgIpc) is 2.92. The number of sulfonamides is 1. The second kappa shape index (κ2) is 7.46. The highest BCUT2D eigenvalue weighted by atomic mass is 32.2. The summed E-state index contributed by atoms with van der Waals surface area (Å²) in [6.07, 6.45) is 0. The fourth-order valence-electron chi connectivity index (χ4n) is 3.49. The number of nitrogens with zero attached hydrogens (tertiary/aromatic N) is 1. The molecule has 0 aliphatic rings. The molecule has 3 aromatic rings. The van der Waals surface area contributed by atoms with E-state index in [0.29, 0.717) is 4.70 Å². The Balaban J connectivity index is 1.97. The van der Waals surface area contributed by atoms with E-state index in [1.54, 1.807) is 22.8 Å². The molecule has 1 aromatic heterocycles. The van der Waals surface area contributed by atoms with Crippen molar-refractivity contribution in [3.8, 4) is 0 Å². The van der Waals surface area contributed by atoms with Gasteiger partial charge in [-0.3, -0.25) is 9.36 Å². The van der Waals surface area contributed by atoms with Gasteiger partial charge in [0.05, 0.1) is 15.1 Å². The number of fused-ring (bicyclic) bond motifs is 1. The Kier molecular flexibility index (Phi) is 5.53. The normalized spacial score (nSPS) is 13.4. The van der Waals surface area contributed by atoms with Crippen LogP contribution in [0.25, 0.3) is 10.2 Å². The second-order valence-electron chi connectivity index (χ2n) is 7.60. The molecule has 2 aromatic carbocycles. The van der Waals surface area contributed by atoms with Crippen molar-refractivity contribution in [2.24, 2.45) is 0 Å². The van der Waals surface area contributed by atoms with Gasteiger partial charge in [0.25, 0.3) is 0 Å². The van der Waals surface area contributed by atoms with E-state index in [1.165, 1.54) is 5.56 Å². The summed E-state index contributed by atoms with van der Waals surface area (Å²) in [5.74, 6) is 0. The lowest BCUT2D eigenvalue weighted by Crippen LogP contribution is -2.27. The molecule has 0 radical (unpaired) electrons. The van der Waals surface area contributed by atoms with Crippen LogP contribution in [0.3, 0.4) is 0 Å².